The van der Waals surface area contributed by atoms with Crippen molar-refractivity contribution >= 4 is 0 Å². The van der Waals surface area contributed by atoms with Crippen LogP contribution in [-0.4, -0.2) is 14.7 Å². The highest BCUT2D eigenvalue weighted by atomic mass is 16.5. The topological polar surface area (TPSA) is 47.3 Å². The van der Waals surface area contributed by atoms with Gasteiger partial charge in [0.2, 0.25) is 0 Å². The van der Waals surface area contributed by atoms with Crippen LogP contribution < -0.4 is 4.74 Å². The molecule has 1 atom stereocenters. The fourth-order valence-electron chi connectivity index (χ4n) is 2.76. The zero-order valence-corrected chi connectivity index (χ0v) is 11.7. The van der Waals surface area contributed by atoms with Gasteiger partial charge in [0, 0.05) is 18.9 Å². The molecule has 106 valence electrons. The summed E-state index contributed by atoms with van der Waals surface area (Å²) in [5.74, 6) is 1.72. The van der Waals surface area contributed by atoms with Crippen LogP contribution in [0.3, 0.4) is 0 Å². The lowest BCUT2D eigenvalue weighted by molar-refractivity contribution is 0.156. The summed E-state index contributed by atoms with van der Waals surface area (Å²) in [6.07, 6.45) is 6.35. The molecule has 2 aromatic rings. The third-order valence-corrected chi connectivity index (χ3v) is 3.91. The lowest BCUT2D eigenvalue weighted by atomic mass is 9.89. The number of hydrogen-bond donors (Lipinski definition) is 1. The summed E-state index contributed by atoms with van der Waals surface area (Å²) < 4.78 is 7.88. The number of rotatable bonds is 4. The van der Waals surface area contributed by atoms with Gasteiger partial charge < -0.3 is 14.4 Å². The van der Waals surface area contributed by atoms with Crippen molar-refractivity contribution in [2.24, 2.45) is 0 Å². The van der Waals surface area contributed by atoms with E-state index in [1.54, 1.807) is 6.20 Å². The lowest BCUT2D eigenvalue weighted by Gasteiger charge is -2.22. The molecule has 4 nitrogen and oxygen atoms in total. The van der Waals surface area contributed by atoms with Gasteiger partial charge in [-0.25, -0.2) is 4.98 Å². The van der Waals surface area contributed by atoms with Crippen molar-refractivity contribution in [2.75, 3.05) is 0 Å². The molecular formula is C16H20N2O2. The molecule has 1 aromatic heterocycles. The predicted molar refractivity (Wildman–Crippen MR) is 76.6 cm³/mol. The fourth-order valence-corrected chi connectivity index (χ4v) is 2.76. The highest BCUT2D eigenvalue weighted by Gasteiger charge is 2.18. The molecule has 0 aliphatic heterocycles. The summed E-state index contributed by atoms with van der Waals surface area (Å²) in [5.41, 5.74) is 2.26. The van der Waals surface area contributed by atoms with Crippen LogP contribution in [-0.2, 0) is 19.6 Å². The first-order chi connectivity index (χ1) is 9.78. The number of aliphatic hydroxyl groups is 1. The third kappa shape index (κ3) is 2.56. The van der Waals surface area contributed by atoms with Gasteiger partial charge in [-0.05, 0) is 49.4 Å². The first-order valence-corrected chi connectivity index (χ1v) is 7.21. The largest absolute Gasteiger partial charge is 0.486 e. The van der Waals surface area contributed by atoms with Crippen molar-refractivity contribution in [3.8, 4) is 5.75 Å². The van der Waals surface area contributed by atoms with Gasteiger partial charge in [0.25, 0.3) is 0 Å². The molecule has 4 heteroatoms. The Morgan fingerprint density at radius 1 is 1.45 bits per heavy atom. The molecule has 0 radical (unpaired) electrons. The van der Waals surface area contributed by atoms with Crippen LogP contribution in [0, 0.1) is 0 Å². The number of imidazole rings is 1. The standard InChI is InChI=1S/C16H20N2O2/c1-2-18-9-8-17-16(18)11-20-13-7-6-12-4-3-5-15(19)14(12)10-13/h6-10,15,19H,2-5,11H2,1H3/t15-/m1/s1. The maximum Gasteiger partial charge on any atom is 0.146 e. The zero-order valence-electron chi connectivity index (χ0n) is 11.7. The SMILES string of the molecule is CCn1ccnc1COc1ccc2c(c1)[C@H](O)CCC2. The number of benzene rings is 1. The minimum Gasteiger partial charge on any atom is -0.486 e. The van der Waals surface area contributed by atoms with Crippen LogP contribution in [0.5, 0.6) is 5.75 Å². The Balaban J connectivity index is 1.73. The van der Waals surface area contributed by atoms with Gasteiger partial charge in [-0.3, -0.25) is 0 Å². The summed E-state index contributed by atoms with van der Waals surface area (Å²) in [4.78, 5) is 4.29. The van der Waals surface area contributed by atoms with Crippen molar-refractivity contribution in [1.82, 2.24) is 9.55 Å². The number of hydrogen-bond acceptors (Lipinski definition) is 3. The van der Waals surface area contributed by atoms with E-state index in [-0.39, 0.29) is 6.10 Å². The molecule has 1 N–H and O–H groups in total. The molecule has 1 aromatic carbocycles. The van der Waals surface area contributed by atoms with E-state index < -0.39 is 0 Å². The summed E-state index contributed by atoms with van der Waals surface area (Å²) in [5, 5.41) is 10.0. The van der Waals surface area contributed by atoms with Gasteiger partial charge in [-0.2, -0.15) is 0 Å². The van der Waals surface area contributed by atoms with E-state index in [1.165, 1.54) is 5.56 Å². The van der Waals surface area contributed by atoms with Gasteiger partial charge in [0.15, 0.2) is 0 Å². The summed E-state index contributed by atoms with van der Waals surface area (Å²) >= 11 is 0. The second-order valence-corrected chi connectivity index (χ2v) is 5.19. The summed E-state index contributed by atoms with van der Waals surface area (Å²) in [6.45, 7) is 3.43. The van der Waals surface area contributed by atoms with Crippen LogP contribution in [0.2, 0.25) is 0 Å². The Morgan fingerprint density at radius 2 is 2.35 bits per heavy atom. The van der Waals surface area contributed by atoms with Gasteiger partial charge in [0.1, 0.15) is 18.2 Å². The molecule has 0 saturated heterocycles. The van der Waals surface area contributed by atoms with Crippen molar-refractivity contribution in [3.63, 3.8) is 0 Å². The molecule has 1 aliphatic carbocycles. The molecule has 0 fully saturated rings. The molecule has 0 unspecified atom stereocenters. The molecule has 0 spiro atoms. The Bertz CT molecular complexity index is 592. The molecule has 20 heavy (non-hydrogen) atoms. The number of aryl methyl sites for hydroxylation is 2. The summed E-state index contributed by atoms with van der Waals surface area (Å²) in [7, 11) is 0. The number of aromatic nitrogens is 2. The maximum absolute atomic E-state index is 10.0. The molecule has 0 amide bonds. The van der Waals surface area contributed by atoms with E-state index in [2.05, 4.69) is 22.5 Å². The fraction of sp³-hybridized carbons (Fsp3) is 0.438. The maximum atomic E-state index is 10.0. The Morgan fingerprint density at radius 3 is 3.20 bits per heavy atom. The van der Waals surface area contributed by atoms with Gasteiger partial charge in [-0.15, -0.1) is 0 Å². The first kappa shape index (κ1) is 13.2. The summed E-state index contributed by atoms with van der Waals surface area (Å²) in [6, 6.07) is 6.02. The van der Waals surface area contributed by atoms with E-state index in [4.69, 9.17) is 4.74 Å². The Labute approximate surface area is 119 Å². The van der Waals surface area contributed by atoms with Crippen LogP contribution >= 0.6 is 0 Å². The average Bonchev–Trinajstić information content (AvgIpc) is 2.93. The number of nitrogens with zero attached hydrogens (tertiary/aromatic N) is 2. The molecule has 0 bridgehead atoms. The lowest BCUT2D eigenvalue weighted by Crippen LogP contribution is -2.10. The predicted octanol–water partition coefficient (Wildman–Crippen LogP) is 2.85. The van der Waals surface area contributed by atoms with Gasteiger partial charge in [0.05, 0.1) is 6.10 Å². The smallest absolute Gasteiger partial charge is 0.146 e. The van der Waals surface area contributed by atoms with E-state index in [0.29, 0.717) is 6.61 Å². The minimum atomic E-state index is -0.347. The highest BCUT2D eigenvalue weighted by molar-refractivity contribution is 5.38. The third-order valence-electron chi connectivity index (χ3n) is 3.91. The van der Waals surface area contributed by atoms with Crippen LogP contribution in [0.15, 0.2) is 30.6 Å². The second kappa shape index (κ2) is 5.67. The molecule has 1 heterocycles. The number of ether oxygens (including phenoxy) is 1. The normalized spacial score (nSPS) is 17.8. The second-order valence-electron chi connectivity index (χ2n) is 5.19. The Kier molecular flexibility index (Phi) is 3.74. The zero-order chi connectivity index (χ0) is 13.9. The van der Waals surface area contributed by atoms with Gasteiger partial charge in [-0.1, -0.05) is 6.07 Å². The number of fused-ring (bicyclic) bond motifs is 1. The molecule has 1 aliphatic rings. The molecule has 3 rings (SSSR count). The quantitative estimate of drug-likeness (QED) is 0.931. The Hall–Kier alpha value is -1.81. The van der Waals surface area contributed by atoms with Crippen molar-refractivity contribution in [3.05, 3.63) is 47.5 Å². The molecular weight excluding hydrogens is 252 g/mol. The van der Waals surface area contributed by atoms with E-state index >= 15 is 0 Å². The average molecular weight is 272 g/mol. The highest BCUT2D eigenvalue weighted by Crippen LogP contribution is 2.32. The molecule has 0 saturated carbocycles. The van der Waals surface area contributed by atoms with Crippen LogP contribution in [0.4, 0.5) is 0 Å². The van der Waals surface area contributed by atoms with Crippen molar-refractivity contribution < 1.29 is 9.84 Å². The van der Waals surface area contributed by atoms with Crippen LogP contribution in [0.1, 0.15) is 42.8 Å². The number of aliphatic hydroxyl groups excluding tert-OH is 1. The van der Waals surface area contributed by atoms with E-state index in [9.17, 15) is 5.11 Å². The van der Waals surface area contributed by atoms with Gasteiger partial charge >= 0.3 is 0 Å². The van der Waals surface area contributed by atoms with Crippen LogP contribution in [0.25, 0.3) is 0 Å². The van der Waals surface area contributed by atoms with Crippen molar-refractivity contribution in [2.45, 2.75) is 45.4 Å². The first-order valence-electron chi connectivity index (χ1n) is 7.21. The van der Waals surface area contributed by atoms with E-state index in [0.717, 1.165) is 42.9 Å². The van der Waals surface area contributed by atoms with Crippen molar-refractivity contribution in [1.29, 1.82) is 0 Å². The minimum absolute atomic E-state index is 0.347. The monoisotopic (exact) mass is 272 g/mol. The van der Waals surface area contributed by atoms with E-state index in [1.807, 2.05) is 18.3 Å².